The lowest BCUT2D eigenvalue weighted by Gasteiger charge is -2.20. The summed E-state index contributed by atoms with van der Waals surface area (Å²) in [5.41, 5.74) is 2.44. The van der Waals surface area contributed by atoms with Crippen LogP contribution in [-0.4, -0.2) is 65.3 Å². The Bertz CT molecular complexity index is 741. The van der Waals surface area contributed by atoms with Crippen LogP contribution >= 0.6 is 0 Å². The first-order chi connectivity index (χ1) is 12.1. The van der Waals surface area contributed by atoms with E-state index in [1.54, 1.807) is 17.9 Å². The molecule has 1 aliphatic heterocycles. The van der Waals surface area contributed by atoms with Crippen LogP contribution in [0.1, 0.15) is 29.4 Å². The van der Waals surface area contributed by atoms with Crippen LogP contribution in [0.25, 0.3) is 5.69 Å². The van der Waals surface area contributed by atoms with Crippen molar-refractivity contribution in [1.82, 2.24) is 19.6 Å². The molecule has 2 aromatic rings. The maximum atomic E-state index is 12.8. The molecule has 1 aromatic carbocycles. The normalized spacial score (nSPS) is 15.9. The molecule has 0 radical (unpaired) electrons. The van der Waals surface area contributed by atoms with Crippen molar-refractivity contribution in [1.29, 1.82) is 0 Å². The van der Waals surface area contributed by atoms with E-state index in [2.05, 4.69) is 16.9 Å². The van der Waals surface area contributed by atoms with Gasteiger partial charge in [-0.15, -0.1) is 0 Å². The first-order valence-corrected chi connectivity index (χ1v) is 8.84. The molecule has 0 unspecified atom stereocenters. The quantitative estimate of drug-likeness (QED) is 0.856. The third-order valence-corrected chi connectivity index (χ3v) is 4.71. The van der Waals surface area contributed by atoms with Gasteiger partial charge in [-0.05, 0) is 50.2 Å². The van der Waals surface area contributed by atoms with Gasteiger partial charge in [-0.2, -0.15) is 5.10 Å². The number of benzene rings is 1. The van der Waals surface area contributed by atoms with Gasteiger partial charge in [0.1, 0.15) is 11.4 Å². The molecule has 1 aliphatic rings. The number of likely N-dealkylation sites (N-methyl/N-ethyl adjacent to an activating group) is 1. The van der Waals surface area contributed by atoms with Crippen molar-refractivity contribution < 1.29 is 9.53 Å². The zero-order valence-electron chi connectivity index (χ0n) is 15.2. The van der Waals surface area contributed by atoms with E-state index in [0.29, 0.717) is 5.69 Å². The highest BCUT2D eigenvalue weighted by atomic mass is 16.5. The van der Waals surface area contributed by atoms with Gasteiger partial charge in [0.2, 0.25) is 0 Å². The van der Waals surface area contributed by atoms with E-state index in [1.165, 1.54) is 0 Å². The summed E-state index contributed by atoms with van der Waals surface area (Å²) in [4.78, 5) is 17.1. The Balaban J connectivity index is 1.79. The predicted molar refractivity (Wildman–Crippen MR) is 97.5 cm³/mol. The second-order valence-corrected chi connectivity index (χ2v) is 6.40. The number of rotatable bonds is 4. The fraction of sp³-hybridized carbons (Fsp3) is 0.474. The van der Waals surface area contributed by atoms with Crippen molar-refractivity contribution in [3.05, 3.63) is 41.7 Å². The van der Waals surface area contributed by atoms with E-state index in [4.69, 9.17) is 4.74 Å². The molecule has 3 rings (SSSR count). The summed E-state index contributed by atoms with van der Waals surface area (Å²) in [5, 5.41) is 4.51. The molecule has 0 N–H and O–H groups in total. The maximum Gasteiger partial charge on any atom is 0.274 e. The summed E-state index contributed by atoms with van der Waals surface area (Å²) >= 11 is 0. The Labute approximate surface area is 149 Å². The number of ether oxygens (including phenoxy) is 1. The third-order valence-electron chi connectivity index (χ3n) is 4.71. The molecule has 25 heavy (non-hydrogen) atoms. The van der Waals surface area contributed by atoms with Gasteiger partial charge < -0.3 is 14.5 Å². The van der Waals surface area contributed by atoms with Crippen LogP contribution in [-0.2, 0) is 0 Å². The van der Waals surface area contributed by atoms with E-state index >= 15 is 0 Å². The molecule has 2 heterocycles. The van der Waals surface area contributed by atoms with Crippen LogP contribution in [0, 0.1) is 6.92 Å². The van der Waals surface area contributed by atoms with Gasteiger partial charge in [0, 0.05) is 25.8 Å². The van der Waals surface area contributed by atoms with Crippen molar-refractivity contribution in [2.45, 2.75) is 20.3 Å². The summed E-state index contributed by atoms with van der Waals surface area (Å²) in [5.74, 6) is 0.740. The van der Waals surface area contributed by atoms with Crippen molar-refractivity contribution in [3.63, 3.8) is 0 Å². The van der Waals surface area contributed by atoms with Gasteiger partial charge in [-0.3, -0.25) is 4.79 Å². The lowest BCUT2D eigenvalue weighted by Crippen LogP contribution is -2.35. The Morgan fingerprint density at radius 3 is 2.80 bits per heavy atom. The SMILES string of the molecule is CCN1CCCN(C(=O)c2ccn(-c3cc(C)ccc3OC)n2)CC1. The van der Waals surface area contributed by atoms with Crippen LogP contribution < -0.4 is 4.74 Å². The summed E-state index contributed by atoms with van der Waals surface area (Å²) in [7, 11) is 1.64. The van der Waals surface area contributed by atoms with E-state index in [0.717, 1.165) is 56.1 Å². The highest BCUT2D eigenvalue weighted by Gasteiger charge is 2.22. The maximum absolute atomic E-state index is 12.8. The number of hydrogen-bond donors (Lipinski definition) is 0. The van der Waals surface area contributed by atoms with E-state index in [9.17, 15) is 4.79 Å². The highest BCUT2D eigenvalue weighted by Crippen LogP contribution is 2.23. The number of methoxy groups -OCH3 is 1. The van der Waals surface area contributed by atoms with Gasteiger partial charge >= 0.3 is 0 Å². The van der Waals surface area contributed by atoms with Crippen LogP contribution in [0.5, 0.6) is 5.75 Å². The summed E-state index contributed by atoms with van der Waals surface area (Å²) in [6.07, 6.45) is 2.83. The van der Waals surface area contributed by atoms with Crippen LogP contribution in [0.3, 0.4) is 0 Å². The largest absolute Gasteiger partial charge is 0.494 e. The molecule has 0 saturated carbocycles. The lowest BCUT2D eigenvalue weighted by atomic mass is 10.2. The molecule has 6 nitrogen and oxygen atoms in total. The predicted octanol–water partition coefficient (Wildman–Crippen LogP) is 2.36. The van der Waals surface area contributed by atoms with Gasteiger partial charge in [0.25, 0.3) is 5.91 Å². The number of carbonyl (C=O) groups excluding carboxylic acids is 1. The third kappa shape index (κ3) is 3.85. The zero-order valence-corrected chi connectivity index (χ0v) is 15.2. The standard InChI is InChI=1S/C19H26N4O2/c1-4-21-9-5-10-22(13-12-21)19(24)16-8-11-23(20-16)17-14-15(2)6-7-18(17)25-3/h6-8,11,14H,4-5,9-10,12-13H2,1-3H3. The minimum absolute atomic E-state index is 0.00308. The van der Waals surface area contributed by atoms with Crippen molar-refractivity contribution in [2.24, 2.45) is 0 Å². The molecule has 134 valence electrons. The monoisotopic (exact) mass is 342 g/mol. The molecular formula is C19H26N4O2. The Morgan fingerprint density at radius 2 is 2.04 bits per heavy atom. The summed E-state index contributed by atoms with van der Waals surface area (Å²) in [6, 6.07) is 7.70. The topological polar surface area (TPSA) is 50.6 Å². The molecule has 0 spiro atoms. The number of nitrogens with zero attached hydrogens (tertiary/aromatic N) is 4. The van der Waals surface area contributed by atoms with E-state index < -0.39 is 0 Å². The first-order valence-electron chi connectivity index (χ1n) is 8.84. The number of hydrogen-bond acceptors (Lipinski definition) is 4. The lowest BCUT2D eigenvalue weighted by molar-refractivity contribution is 0.0755. The number of aromatic nitrogens is 2. The van der Waals surface area contributed by atoms with Gasteiger partial charge in [-0.1, -0.05) is 13.0 Å². The van der Waals surface area contributed by atoms with E-state index in [-0.39, 0.29) is 5.91 Å². The molecule has 1 saturated heterocycles. The average Bonchev–Trinajstić information content (AvgIpc) is 2.99. The molecular weight excluding hydrogens is 316 g/mol. The Morgan fingerprint density at radius 1 is 1.20 bits per heavy atom. The van der Waals surface area contributed by atoms with Crippen molar-refractivity contribution in [2.75, 3.05) is 39.8 Å². The van der Waals surface area contributed by atoms with Crippen LogP contribution in [0.15, 0.2) is 30.5 Å². The zero-order chi connectivity index (χ0) is 17.8. The molecule has 6 heteroatoms. The van der Waals surface area contributed by atoms with E-state index in [1.807, 2.05) is 36.2 Å². The first kappa shape index (κ1) is 17.5. The molecule has 0 bridgehead atoms. The molecule has 1 fully saturated rings. The van der Waals surface area contributed by atoms with Crippen molar-refractivity contribution in [3.8, 4) is 11.4 Å². The second kappa shape index (κ2) is 7.70. The van der Waals surface area contributed by atoms with Gasteiger partial charge in [-0.25, -0.2) is 4.68 Å². The molecule has 1 amide bonds. The minimum Gasteiger partial charge on any atom is -0.494 e. The van der Waals surface area contributed by atoms with Crippen LogP contribution in [0.2, 0.25) is 0 Å². The van der Waals surface area contributed by atoms with Gasteiger partial charge in [0.05, 0.1) is 7.11 Å². The smallest absolute Gasteiger partial charge is 0.274 e. The van der Waals surface area contributed by atoms with Crippen molar-refractivity contribution >= 4 is 5.91 Å². The number of aryl methyl sites for hydroxylation is 1. The highest BCUT2D eigenvalue weighted by molar-refractivity contribution is 5.92. The summed E-state index contributed by atoms with van der Waals surface area (Å²) < 4.78 is 7.14. The fourth-order valence-electron chi connectivity index (χ4n) is 3.20. The number of carbonyl (C=O) groups is 1. The summed E-state index contributed by atoms with van der Waals surface area (Å²) in [6.45, 7) is 8.74. The fourth-order valence-corrected chi connectivity index (χ4v) is 3.20. The molecule has 0 aliphatic carbocycles. The minimum atomic E-state index is 0.00308. The Hall–Kier alpha value is -2.34. The second-order valence-electron chi connectivity index (χ2n) is 6.40. The molecule has 1 aromatic heterocycles. The Kier molecular flexibility index (Phi) is 5.38. The van der Waals surface area contributed by atoms with Gasteiger partial charge in [0.15, 0.2) is 5.69 Å². The van der Waals surface area contributed by atoms with Crippen LogP contribution in [0.4, 0.5) is 0 Å². The number of amides is 1. The molecule has 0 atom stereocenters. The average molecular weight is 342 g/mol.